The molecular formula is C23H16INO3. The average molecular weight is 481 g/mol. The molecule has 4 rings (SSSR count). The smallest absolute Gasteiger partial charge is 0.339 e. The van der Waals surface area contributed by atoms with Crippen LogP contribution in [0.3, 0.4) is 0 Å². The number of ether oxygens (including phenoxy) is 1. The molecule has 0 radical (unpaired) electrons. The standard InChI is InChI=1S/C23H16INO3/c24-17-10-6-9-16(13-17)23(27)28-22(15-7-2-1-3-8-15)21(26)19-14-25-20-12-5-4-11-18(19)20/h1-14,22,25H. The highest BCUT2D eigenvalue weighted by Crippen LogP contribution is 2.28. The SMILES string of the molecule is O=C(OC(C(=O)c1c[nH]c2ccccc12)c1ccccc1)c1cccc(I)c1. The number of hydrogen-bond donors (Lipinski definition) is 1. The first-order valence-corrected chi connectivity index (χ1v) is 9.83. The molecule has 1 N–H and O–H groups in total. The predicted molar refractivity (Wildman–Crippen MR) is 116 cm³/mol. The van der Waals surface area contributed by atoms with Gasteiger partial charge in [0.2, 0.25) is 5.78 Å². The Kier molecular flexibility index (Phi) is 5.25. The summed E-state index contributed by atoms with van der Waals surface area (Å²) >= 11 is 2.14. The summed E-state index contributed by atoms with van der Waals surface area (Å²) in [6.45, 7) is 0. The summed E-state index contributed by atoms with van der Waals surface area (Å²) in [4.78, 5) is 29.2. The molecule has 3 aromatic carbocycles. The van der Waals surface area contributed by atoms with Crippen LogP contribution in [-0.2, 0) is 4.74 Å². The molecule has 0 saturated carbocycles. The van der Waals surface area contributed by atoms with Gasteiger partial charge in [0, 0.05) is 31.8 Å². The molecule has 28 heavy (non-hydrogen) atoms. The molecule has 4 aromatic rings. The molecule has 0 aliphatic heterocycles. The molecule has 1 aromatic heterocycles. The second kappa shape index (κ2) is 7.98. The molecule has 0 spiro atoms. The summed E-state index contributed by atoms with van der Waals surface area (Å²) < 4.78 is 6.63. The number of aromatic amines is 1. The summed E-state index contributed by atoms with van der Waals surface area (Å²) in [5.74, 6) is -0.789. The topological polar surface area (TPSA) is 59.2 Å². The number of para-hydroxylation sites is 1. The van der Waals surface area contributed by atoms with Crippen molar-refractivity contribution in [3.63, 3.8) is 0 Å². The number of carbonyl (C=O) groups is 2. The van der Waals surface area contributed by atoms with E-state index in [-0.39, 0.29) is 5.78 Å². The Morgan fingerprint density at radius 3 is 2.43 bits per heavy atom. The molecule has 0 bridgehead atoms. The van der Waals surface area contributed by atoms with Gasteiger partial charge in [-0.15, -0.1) is 0 Å². The lowest BCUT2D eigenvalue weighted by atomic mass is 9.99. The van der Waals surface area contributed by atoms with Crippen LogP contribution in [0.1, 0.15) is 32.4 Å². The van der Waals surface area contributed by atoms with Gasteiger partial charge in [-0.1, -0.05) is 54.6 Å². The Morgan fingerprint density at radius 2 is 1.64 bits per heavy atom. The zero-order valence-corrected chi connectivity index (χ0v) is 16.9. The summed E-state index contributed by atoms with van der Waals surface area (Å²) in [6.07, 6.45) is 0.646. The highest BCUT2D eigenvalue weighted by molar-refractivity contribution is 14.1. The highest BCUT2D eigenvalue weighted by Gasteiger charge is 2.28. The van der Waals surface area contributed by atoms with Crippen molar-refractivity contribution < 1.29 is 14.3 Å². The van der Waals surface area contributed by atoms with E-state index in [1.165, 1.54) is 0 Å². The number of rotatable bonds is 5. The second-order valence-electron chi connectivity index (χ2n) is 6.32. The van der Waals surface area contributed by atoms with Crippen molar-refractivity contribution in [2.75, 3.05) is 0 Å². The minimum Gasteiger partial charge on any atom is -0.445 e. The zero-order valence-electron chi connectivity index (χ0n) is 14.8. The molecule has 0 amide bonds. The van der Waals surface area contributed by atoms with Crippen LogP contribution in [0.5, 0.6) is 0 Å². The van der Waals surface area contributed by atoms with Crippen molar-refractivity contribution in [3.8, 4) is 0 Å². The van der Waals surface area contributed by atoms with Crippen molar-refractivity contribution in [1.82, 2.24) is 4.98 Å². The molecule has 4 nitrogen and oxygen atoms in total. The summed E-state index contributed by atoms with van der Waals surface area (Å²) in [7, 11) is 0. The number of aromatic nitrogens is 1. The average Bonchev–Trinajstić information content (AvgIpc) is 3.16. The van der Waals surface area contributed by atoms with E-state index in [1.54, 1.807) is 36.5 Å². The molecule has 0 fully saturated rings. The van der Waals surface area contributed by atoms with Crippen LogP contribution in [0, 0.1) is 3.57 Å². The maximum atomic E-state index is 13.4. The van der Waals surface area contributed by atoms with Gasteiger partial charge < -0.3 is 9.72 Å². The minimum absolute atomic E-state index is 0.261. The van der Waals surface area contributed by atoms with E-state index in [0.717, 1.165) is 14.5 Å². The second-order valence-corrected chi connectivity index (χ2v) is 7.56. The number of esters is 1. The van der Waals surface area contributed by atoms with E-state index >= 15 is 0 Å². The fourth-order valence-corrected chi connectivity index (χ4v) is 3.65. The largest absolute Gasteiger partial charge is 0.445 e. The van der Waals surface area contributed by atoms with E-state index in [0.29, 0.717) is 16.7 Å². The first kappa shape index (κ1) is 18.4. The summed E-state index contributed by atoms with van der Waals surface area (Å²) in [6, 6.07) is 23.8. The van der Waals surface area contributed by atoms with Crippen LogP contribution in [0.25, 0.3) is 10.9 Å². The van der Waals surface area contributed by atoms with Gasteiger partial charge in [0.25, 0.3) is 0 Å². The number of ketones is 1. The van der Waals surface area contributed by atoms with Crippen LogP contribution in [-0.4, -0.2) is 16.7 Å². The highest BCUT2D eigenvalue weighted by atomic mass is 127. The molecule has 1 unspecified atom stereocenters. The van der Waals surface area contributed by atoms with E-state index in [4.69, 9.17) is 4.74 Å². The van der Waals surface area contributed by atoms with Crippen molar-refractivity contribution in [1.29, 1.82) is 0 Å². The number of H-pyrrole nitrogens is 1. The van der Waals surface area contributed by atoms with Gasteiger partial charge in [-0.25, -0.2) is 4.79 Å². The number of benzene rings is 3. The van der Waals surface area contributed by atoms with Crippen LogP contribution >= 0.6 is 22.6 Å². The van der Waals surface area contributed by atoms with E-state index < -0.39 is 12.1 Å². The van der Waals surface area contributed by atoms with Gasteiger partial charge in [-0.2, -0.15) is 0 Å². The Bertz CT molecular complexity index is 1150. The van der Waals surface area contributed by atoms with Gasteiger partial charge in [0.15, 0.2) is 6.10 Å². The summed E-state index contributed by atoms with van der Waals surface area (Å²) in [5.41, 5.74) is 2.41. The fourth-order valence-electron chi connectivity index (χ4n) is 3.11. The Balaban J connectivity index is 1.72. The van der Waals surface area contributed by atoms with Gasteiger partial charge in [0.05, 0.1) is 5.56 Å². The van der Waals surface area contributed by atoms with Crippen molar-refractivity contribution >= 4 is 45.2 Å². The maximum absolute atomic E-state index is 13.4. The number of halogens is 1. The van der Waals surface area contributed by atoms with Gasteiger partial charge in [0.1, 0.15) is 0 Å². The van der Waals surface area contributed by atoms with Gasteiger partial charge in [-0.05, 0) is 46.9 Å². The van der Waals surface area contributed by atoms with Crippen LogP contribution in [0.4, 0.5) is 0 Å². The van der Waals surface area contributed by atoms with Crippen molar-refractivity contribution in [3.05, 3.63) is 105 Å². The molecule has 0 aliphatic carbocycles. The molecule has 1 heterocycles. The molecule has 5 heteroatoms. The monoisotopic (exact) mass is 481 g/mol. The number of hydrogen-bond acceptors (Lipinski definition) is 3. The third-order valence-corrected chi connectivity index (χ3v) is 5.15. The minimum atomic E-state index is -1.02. The normalized spacial score (nSPS) is 11.9. The van der Waals surface area contributed by atoms with Gasteiger partial charge >= 0.3 is 5.97 Å². The Hall–Kier alpha value is -2.93. The number of fused-ring (bicyclic) bond motifs is 1. The molecule has 138 valence electrons. The Labute approximate surface area is 175 Å². The first-order valence-electron chi connectivity index (χ1n) is 8.75. The lowest BCUT2D eigenvalue weighted by molar-refractivity contribution is 0.0280. The molecule has 1 atom stereocenters. The Morgan fingerprint density at radius 1 is 0.893 bits per heavy atom. The van der Waals surface area contributed by atoms with Crippen molar-refractivity contribution in [2.45, 2.75) is 6.10 Å². The fraction of sp³-hybridized carbons (Fsp3) is 0.0435. The van der Waals surface area contributed by atoms with Gasteiger partial charge in [-0.3, -0.25) is 4.79 Å². The molecule has 0 saturated heterocycles. The zero-order chi connectivity index (χ0) is 19.5. The summed E-state index contributed by atoms with van der Waals surface area (Å²) in [5, 5.41) is 0.804. The third kappa shape index (κ3) is 3.71. The van der Waals surface area contributed by atoms with E-state index in [1.807, 2.05) is 48.5 Å². The first-order chi connectivity index (χ1) is 13.6. The van der Waals surface area contributed by atoms with Crippen molar-refractivity contribution in [2.24, 2.45) is 0 Å². The third-order valence-electron chi connectivity index (χ3n) is 4.48. The molecular weight excluding hydrogens is 465 g/mol. The molecule has 0 aliphatic rings. The van der Waals surface area contributed by atoms with Crippen LogP contribution < -0.4 is 0 Å². The van der Waals surface area contributed by atoms with E-state index in [9.17, 15) is 9.59 Å². The van der Waals surface area contributed by atoms with Crippen LogP contribution in [0.2, 0.25) is 0 Å². The number of carbonyl (C=O) groups excluding carboxylic acids is 2. The quantitative estimate of drug-likeness (QED) is 0.231. The predicted octanol–water partition coefficient (Wildman–Crippen LogP) is 5.55. The number of Topliss-reactive ketones (excluding diaryl/α,β-unsaturated/α-hetero) is 1. The van der Waals surface area contributed by atoms with E-state index in [2.05, 4.69) is 27.6 Å². The lowest BCUT2D eigenvalue weighted by Gasteiger charge is -2.17. The maximum Gasteiger partial charge on any atom is 0.339 e. The lowest BCUT2D eigenvalue weighted by Crippen LogP contribution is -2.20. The van der Waals surface area contributed by atoms with Crippen LogP contribution in [0.15, 0.2) is 85.1 Å². The number of nitrogens with one attached hydrogen (secondary N) is 1.